The second-order valence-corrected chi connectivity index (χ2v) is 12.2. The Morgan fingerprint density at radius 1 is 1.35 bits per heavy atom. The van der Waals surface area contributed by atoms with E-state index in [1.54, 1.807) is 13.8 Å². The minimum absolute atomic E-state index is 0.0626. The molecule has 0 spiro atoms. The van der Waals surface area contributed by atoms with Crippen LogP contribution in [-0.4, -0.2) is 45.3 Å². The molecule has 0 radical (unpaired) electrons. The third-order valence-electron chi connectivity index (χ3n) is 4.49. The van der Waals surface area contributed by atoms with Gasteiger partial charge in [0.25, 0.3) is 11.6 Å². The van der Waals surface area contributed by atoms with Crippen LogP contribution >= 0.6 is 31.9 Å². The van der Waals surface area contributed by atoms with Gasteiger partial charge in [-0.3, -0.25) is 19.1 Å². The number of nitrogens with zero attached hydrogens (tertiary/aromatic N) is 2. The average Bonchev–Trinajstić information content (AvgIpc) is 2.78. The van der Waals surface area contributed by atoms with Crippen LogP contribution in [0.2, 0.25) is 0 Å². The molecule has 11 heteroatoms. The molecule has 0 N–H and O–H groups in total. The minimum atomic E-state index is -1.48. The fourth-order valence-electron chi connectivity index (χ4n) is 3.06. The highest BCUT2D eigenvalue weighted by atomic mass is 79.9. The number of β-lactam (4-membered cyclic amide) rings is 1. The first-order valence-electron chi connectivity index (χ1n) is 7.51. The first kappa shape index (κ1) is 19.4. The van der Waals surface area contributed by atoms with Crippen LogP contribution in [0.15, 0.2) is 24.3 Å². The number of hydrogen-bond donors (Lipinski definition) is 0. The van der Waals surface area contributed by atoms with Crippen LogP contribution in [0.1, 0.15) is 19.4 Å². The lowest BCUT2D eigenvalue weighted by Crippen LogP contribution is -2.69. The Balaban J connectivity index is 1.74. The number of carbonyl (C=O) groups excluding carboxylic acids is 2. The maximum atomic E-state index is 12.7. The molecule has 0 saturated carbocycles. The largest absolute Gasteiger partial charge is 0.459 e. The molecule has 8 nitrogen and oxygen atoms in total. The van der Waals surface area contributed by atoms with Crippen LogP contribution in [0.25, 0.3) is 0 Å². The van der Waals surface area contributed by atoms with Crippen molar-refractivity contribution in [3.8, 4) is 0 Å². The number of fused-ring (bicyclic) bond motifs is 1. The van der Waals surface area contributed by atoms with E-state index in [0.717, 1.165) is 0 Å². The number of carbonyl (C=O) groups is 2. The predicted octanol–water partition coefficient (Wildman–Crippen LogP) is 2.20. The molecule has 26 heavy (non-hydrogen) atoms. The predicted molar refractivity (Wildman–Crippen MR) is 100 cm³/mol. The third-order valence-corrected chi connectivity index (χ3v) is 8.89. The van der Waals surface area contributed by atoms with E-state index < -0.39 is 41.1 Å². The summed E-state index contributed by atoms with van der Waals surface area (Å²) in [5, 5.41) is 9.99. The average molecular weight is 510 g/mol. The van der Waals surface area contributed by atoms with Gasteiger partial charge in [0, 0.05) is 12.1 Å². The Kier molecular flexibility index (Phi) is 4.77. The molecule has 2 saturated heterocycles. The molecule has 0 aliphatic carbocycles. The summed E-state index contributed by atoms with van der Waals surface area (Å²) >= 11 is 6.45. The summed E-state index contributed by atoms with van der Waals surface area (Å²) in [5.41, 5.74) is 0.509. The SMILES string of the molecule is CC1(C)[C@H](C(=O)OCc2ccc([N+](=O)[O-])cc2)N2C(=O)C(Br)(Br)[C@H]2S1=O. The quantitative estimate of drug-likeness (QED) is 0.202. The Morgan fingerprint density at radius 3 is 2.46 bits per heavy atom. The van der Waals surface area contributed by atoms with Crippen molar-refractivity contribution in [2.75, 3.05) is 0 Å². The second kappa shape index (κ2) is 6.38. The third kappa shape index (κ3) is 2.80. The van der Waals surface area contributed by atoms with Gasteiger partial charge in [0.2, 0.25) is 0 Å². The first-order valence-corrected chi connectivity index (χ1v) is 10.3. The van der Waals surface area contributed by atoms with E-state index in [9.17, 15) is 23.9 Å². The zero-order valence-corrected chi connectivity index (χ0v) is 17.7. The number of hydrogen-bond acceptors (Lipinski definition) is 6. The number of ether oxygens (including phenoxy) is 1. The minimum Gasteiger partial charge on any atom is -0.459 e. The Hall–Kier alpha value is -1.33. The van der Waals surface area contributed by atoms with Gasteiger partial charge in [0.15, 0.2) is 3.23 Å². The highest BCUT2D eigenvalue weighted by Crippen LogP contribution is 2.55. The monoisotopic (exact) mass is 508 g/mol. The molecule has 1 aromatic carbocycles. The molecule has 140 valence electrons. The van der Waals surface area contributed by atoms with Gasteiger partial charge in [-0.1, -0.05) is 31.9 Å². The standard InChI is InChI=1S/C15H14Br2N2O6S/c1-14(2)10(18-12(21)15(16,17)13(18)26(14)24)11(20)25-7-8-3-5-9(6-4-8)19(22)23/h3-6,10,13H,7H2,1-2H3/t10-,13+,26?/m0/s1. The molecule has 2 heterocycles. The number of amides is 1. The summed E-state index contributed by atoms with van der Waals surface area (Å²) in [4.78, 5) is 36.4. The summed E-state index contributed by atoms with van der Waals surface area (Å²) in [7, 11) is -1.48. The molecular weight excluding hydrogens is 496 g/mol. The van der Waals surface area contributed by atoms with Crippen molar-refractivity contribution in [2.24, 2.45) is 0 Å². The van der Waals surface area contributed by atoms with Gasteiger partial charge < -0.3 is 9.64 Å². The van der Waals surface area contributed by atoms with Crippen molar-refractivity contribution in [3.05, 3.63) is 39.9 Å². The lowest BCUT2D eigenvalue weighted by atomic mass is 9.98. The van der Waals surface area contributed by atoms with E-state index in [1.807, 2.05) is 0 Å². The lowest BCUT2D eigenvalue weighted by molar-refractivity contribution is -0.384. The van der Waals surface area contributed by atoms with Crippen LogP contribution < -0.4 is 0 Å². The number of alkyl halides is 2. The van der Waals surface area contributed by atoms with Gasteiger partial charge in [-0.05, 0) is 31.5 Å². The van der Waals surface area contributed by atoms with E-state index in [-0.39, 0.29) is 18.2 Å². The van der Waals surface area contributed by atoms with Crippen molar-refractivity contribution >= 4 is 60.2 Å². The molecule has 3 atom stereocenters. The first-order chi connectivity index (χ1) is 12.0. The molecule has 0 aromatic heterocycles. The second-order valence-electron chi connectivity index (χ2n) is 6.52. The molecule has 2 aliphatic rings. The lowest BCUT2D eigenvalue weighted by Gasteiger charge is -2.46. The smallest absolute Gasteiger partial charge is 0.330 e. The molecule has 3 rings (SSSR count). The maximum absolute atomic E-state index is 12.7. The van der Waals surface area contributed by atoms with Gasteiger partial charge in [0.1, 0.15) is 18.0 Å². The molecule has 0 bridgehead atoms. The van der Waals surface area contributed by atoms with Gasteiger partial charge >= 0.3 is 5.97 Å². The van der Waals surface area contributed by atoms with Crippen molar-refractivity contribution in [1.82, 2.24) is 4.90 Å². The molecular formula is C15H14Br2N2O6S. The van der Waals surface area contributed by atoms with Crippen LogP contribution in [0.3, 0.4) is 0 Å². The van der Waals surface area contributed by atoms with Crippen LogP contribution in [0.5, 0.6) is 0 Å². The highest BCUT2D eigenvalue weighted by molar-refractivity contribution is 9.26. The summed E-state index contributed by atoms with van der Waals surface area (Å²) in [6.07, 6.45) is 0. The van der Waals surface area contributed by atoms with Gasteiger partial charge in [-0.2, -0.15) is 0 Å². The van der Waals surface area contributed by atoms with Crippen LogP contribution in [0, 0.1) is 10.1 Å². The van der Waals surface area contributed by atoms with Crippen molar-refractivity contribution < 1.29 is 23.5 Å². The fourth-order valence-corrected chi connectivity index (χ4v) is 6.73. The Labute approximate surface area is 168 Å². The number of nitro benzene ring substituents is 1. The summed E-state index contributed by atoms with van der Waals surface area (Å²) < 4.78 is 15.9. The molecule has 1 amide bonds. The van der Waals surface area contributed by atoms with Crippen molar-refractivity contribution in [2.45, 2.75) is 39.9 Å². The molecule has 1 unspecified atom stereocenters. The zero-order chi connectivity index (χ0) is 19.4. The molecule has 2 fully saturated rings. The maximum Gasteiger partial charge on any atom is 0.330 e. The Morgan fingerprint density at radius 2 is 1.92 bits per heavy atom. The van der Waals surface area contributed by atoms with E-state index in [0.29, 0.717) is 5.56 Å². The van der Waals surface area contributed by atoms with E-state index in [4.69, 9.17) is 4.74 Å². The van der Waals surface area contributed by atoms with Gasteiger partial charge in [-0.25, -0.2) is 4.79 Å². The summed E-state index contributed by atoms with van der Waals surface area (Å²) in [6, 6.07) is 4.64. The normalized spacial score (nSPS) is 28.2. The van der Waals surface area contributed by atoms with E-state index in [2.05, 4.69) is 31.9 Å². The highest BCUT2D eigenvalue weighted by Gasteiger charge is 2.73. The number of benzene rings is 1. The summed E-state index contributed by atoms with van der Waals surface area (Å²) in [5.74, 6) is -1.04. The van der Waals surface area contributed by atoms with Crippen LogP contribution in [-0.2, 0) is 31.7 Å². The van der Waals surface area contributed by atoms with E-state index >= 15 is 0 Å². The van der Waals surface area contributed by atoms with Crippen molar-refractivity contribution in [1.29, 1.82) is 0 Å². The van der Waals surface area contributed by atoms with E-state index in [1.165, 1.54) is 29.2 Å². The zero-order valence-electron chi connectivity index (χ0n) is 13.7. The number of rotatable bonds is 4. The van der Waals surface area contributed by atoms with Crippen molar-refractivity contribution in [3.63, 3.8) is 0 Å². The number of esters is 1. The summed E-state index contributed by atoms with van der Waals surface area (Å²) in [6.45, 7) is 3.21. The Bertz CT molecular complexity index is 826. The molecule has 1 aromatic rings. The van der Waals surface area contributed by atoms with Gasteiger partial charge in [0.05, 0.1) is 20.5 Å². The van der Waals surface area contributed by atoms with Gasteiger partial charge in [-0.15, -0.1) is 0 Å². The fraction of sp³-hybridized carbons (Fsp3) is 0.467. The molecule has 2 aliphatic heterocycles. The number of non-ortho nitro benzene ring substituents is 1. The van der Waals surface area contributed by atoms with Crippen LogP contribution in [0.4, 0.5) is 5.69 Å². The number of nitro groups is 1. The topological polar surface area (TPSA) is 107 Å². The number of halogens is 2.